The molecule has 0 radical (unpaired) electrons. The minimum absolute atomic E-state index is 0.370. The van der Waals surface area contributed by atoms with Gasteiger partial charge in [-0.3, -0.25) is 0 Å². The molecule has 1 aliphatic rings. The Morgan fingerprint density at radius 1 is 0.279 bits per heavy atom. The molecular formula is C43H28. The topological polar surface area (TPSA) is 0 Å². The molecule has 0 amide bonds. The predicted octanol–water partition coefficient (Wildman–Crippen LogP) is 11.2. The Bertz CT molecular complexity index is 2240. The molecule has 200 valence electrons. The second kappa shape index (κ2) is 9.28. The lowest BCUT2D eigenvalue weighted by atomic mass is 9.67. The molecule has 43 heavy (non-hydrogen) atoms. The van der Waals surface area contributed by atoms with Gasteiger partial charge >= 0.3 is 0 Å². The third-order valence-electron chi connectivity index (χ3n) is 9.55. The Labute approximate surface area is 251 Å². The highest BCUT2D eigenvalue weighted by Gasteiger charge is 2.45. The molecule has 0 atom stereocenters. The van der Waals surface area contributed by atoms with Crippen LogP contribution in [0.1, 0.15) is 22.3 Å². The highest BCUT2D eigenvalue weighted by atomic mass is 14.5. The molecule has 9 rings (SSSR count). The zero-order chi connectivity index (χ0) is 28.4. The van der Waals surface area contributed by atoms with Crippen molar-refractivity contribution >= 4 is 32.3 Å². The van der Waals surface area contributed by atoms with Gasteiger partial charge in [0.05, 0.1) is 5.41 Å². The Hall–Kier alpha value is -5.46. The zero-order valence-corrected chi connectivity index (χ0v) is 23.7. The Kier molecular flexibility index (Phi) is 5.21. The van der Waals surface area contributed by atoms with Crippen molar-refractivity contribution in [3.05, 3.63) is 192 Å². The third kappa shape index (κ3) is 3.38. The van der Waals surface area contributed by atoms with E-state index in [1.807, 2.05) is 0 Å². The number of hydrogen-bond donors (Lipinski definition) is 0. The lowest BCUT2D eigenvalue weighted by Crippen LogP contribution is -2.28. The molecule has 0 aromatic heterocycles. The Morgan fingerprint density at radius 2 is 0.698 bits per heavy atom. The Balaban J connectivity index is 1.25. The molecule has 0 saturated heterocycles. The summed E-state index contributed by atoms with van der Waals surface area (Å²) >= 11 is 0. The summed E-state index contributed by atoms with van der Waals surface area (Å²) in [6.07, 6.45) is 0. The zero-order valence-electron chi connectivity index (χ0n) is 23.7. The van der Waals surface area contributed by atoms with Gasteiger partial charge in [-0.2, -0.15) is 0 Å². The first-order valence-corrected chi connectivity index (χ1v) is 15.0. The number of benzene rings is 8. The first-order chi connectivity index (χ1) is 21.3. The average molecular weight is 545 g/mol. The second-order valence-electron chi connectivity index (χ2n) is 11.6. The SMILES string of the molecule is c1ccc(C2(c3ccc(-c4ccc5c6ccccc6c6ccccc6c5c4)cc3)c3ccccc3-c3ccccc32)cc1. The van der Waals surface area contributed by atoms with Crippen molar-refractivity contribution in [1.82, 2.24) is 0 Å². The third-order valence-corrected chi connectivity index (χ3v) is 9.55. The van der Waals surface area contributed by atoms with Crippen LogP contribution < -0.4 is 0 Å². The molecule has 0 heterocycles. The van der Waals surface area contributed by atoms with Crippen molar-refractivity contribution in [2.24, 2.45) is 0 Å². The molecule has 0 bridgehead atoms. The van der Waals surface area contributed by atoms with Crippen LogP contribution in [0.5, 0.6) is 0 Å². The van der Waals surface area contributed by atoms with Crippen LogP contribution in [0.2, 0.25) is 0 Å². The van der Waals surface area contributed by atoms with Crippen molar-refractivity contribution in [2.75, 3.05) is 0 Å². The van der Waals surface area contributed by atoms with Crippen LogP contribution in [0.25, 0.3) is 54.6 Å². The maximum Gasteiger partial charge on any atom is 0.0713 e. The molecule has 8 aromatic rings. The van der Waals surface area contributed by atoms with E-state index in [0.29, 0.717) is 0 Å². The van der Waals surface area contributed by atoms with E-state index in [9.17, 15) is 0 Å². The van der Waals surface area contributed by atoms with E-state index in [2.05, 4.69) is 170 Å². The predicted molar refractivity (Wildman–Crippen MR) is 182 cm³/mol. The summed E-state index contributed by atoms with van der Waals surface area (Å²) in [5.74, 6) is 0. The van der Waals surface area contributed by atoms with Crippen LogP contribution in [0, 0.1) is 0 Å². The highest BCUT2D eigenvalue weighted by Crippen LogP contribution is 2.56. The van der Waals surface area contributed by atoms with E-state index >= 15 is 0 Å². The van der Waals surface area contributed by atoms with E-state index in [0.717, 1.165) is 0 Å². The summed E-state index contributed by atoms with van der Waals surface area (Å²) in [4.78, 5) is 0. The van der Waals surface area contributed by atoms with E-state index in [-0.39, 0.29) is 5.41 Å². The van der Waals surface area contributed by atoms with Gasteiger partial charge in [-0.05, 0) is 82.9 Å². The van der Waals surface area contributed by atoms with Gasteiger partial charge < -0.3 is 0 Å². The fourth-order valence-corrected chi connectivity index (χ4v) is 7.71. The van der Waals surface area contributed by atoms with Crippen molar-refractivity contribution in [1.29, 1.82) is 0 Å². The quantitative estimate of drug-likeness (QED) is 0.194. The highest BCUT2D eigenvalue weighted by molar-refractivity contribution is 6.25. The van der Waals surface area contributed by atoms with Crippen molar-refractivity contribution in [2.45, 2.75) is 5.41 Å². The van der Waals surface area contributed by atoms with Gasteiger partial charge in [0.1, 0.15) is 0 Å². The minimum Gasteiger partial charge on any atom is -0.0622 e. The molecule has 0 unspecified atom stereocenters. The van der Waals surface area contributed by atoms with E-state index < -0.39 is 0 Å². The summed E-state index contributed by atoms with van der Waals surface area (Å²) in [6.45, 7) is 0. The van der Waals surface area contributed by atoms with Crippen LogP contribution in [-0.2, 0) is 5.41 Å². The molecule has 8 aromatic carbocycles. The molecule has 0 nitrogen and oxygen atoms in total. The van der Waals surface area contributed by atoms with Gasteiger partial charge in [-0.1, -0.05) is 164 Å². The monoisotopic (exact) mass is 544 g/mol. The first-order valence-electron chi connectivity index (χ1n) is 15.0. The molecule has 0 aliphatic heterocycles. The van der Waals surface area contributed by atoms with Gasteiger partial charge in [0.2, 0.25) is 0 Å². The Morgan fingerprint density at radius 3 is 1.28 bits per heavy atom. The number of fused-ring (bicyclic) bond motifs is 9. The summed E-state index contributed by atoms with van der Waals surface area (Å²) in [7, 11) is 0. The van der Waals surface area contributed by atoms with Crippen LogP contribution in [0.4, 0.5) is 0 Å². The van der Waals surface area contributed by atoms with Crippen molar-refractivity contribution in [3.8, 4) is 22.3 Å². The minimum atomic E-state index is -0.370. The standard InChI is InChI=1S/C43H28/c1-2-12-31(13-3-1)43(41-20-10-8-18-38(41)39-19-9-11-21-42(39)43)32-25-22-29(23-26-32)30-24-27-37-35-16-5-4-14-33(35)34-15-6-7-17-36(34)40(37)28-30/h1-28H. The van der Waals surface area contributed by atoms with Crippen molar-refractivity contribution < 1.29 is 0 Å². The maximum atomic E-state index is 2.38. The summed E-state index contributed by atoms with van der Waals surface area (Å²) in [5.41, 5.74) is 10.0. The van der Waals surface area contributed by atoms with Gasteiger partial charge in [0.25, 0.3) is 0 Å². The molecule has 0 fully saturated rings. The van der Waals surface area contributed by atoms with Gasteiger partial charge in [0.15, 0.2) is 0 Å². The average Bonchev–Trinajstić information content (AvgIpc) is 3.40. The molecule has 0 saturated carbocycles. The fraction of sp³-hybridized carbons (Fsp3) is 0.0233. The second-order valence-corrected chi connectivity index (χ2v) is 11.6. The van der Waals surface area contributed by atoms with Gasteiger partial charge in [-0.25, -0.2) is 0 Å². The molecule has 0 heteroatoms. The smallest absolute Gasteiger partial charge is 0.0622 e. The van der Waals surface area contributed by atoms with Crippen molar-refractivity contribution in [3.63, 3.8) is 0 Å². The number of rotatable bonds is 3. The lowest BCUT2D eigenvalue weighted by molar-refractivity contribution is 0.768. The van der Waals surface area contributed by atoms with E-state index in [1.165, 1.54) is 76.8 Å². The van der Waals surface area contributed by atoms with E-state index in [4.69, 9.17) is 0 Å². The van der Waals surface area contributed by atoms with E-state index in [1.54, 1.807) is 0 Å². The largest absolute Gasteiger partial charge is 0.0713 e. The van der Waals surface area contributed by atoms with Crippen LogP contribution in [0.15, 0.2) is 170 Å². The molecule has 1 aliphatic carbocycles. The fourth-order valence-electron chi connectivity index (χ4n) is 7.71. The summed E-state index contributed by atoms with van der Waals surface area (Å²) in [6, 6.07) is 62.7. The number of hydrogen-bond acceptors (Lipinski definition) is 0. The van der Waals surface area contributed by atoms with Gasteiger partial charge in [-0.15, -0.1) is 0 Å². The maximum absolute atomic E-state index is 2.38. The van der Waals surface area contributed by atoms with Crippen LogP contribution in [0.3, 0.4) is 0 Å². The van der Waals surface area contributed by atoms with Crippen LogP contribution in [-0.4, -0.2) is 0 Å². The summed E-state index contributed by atoms with van der Waals surface area (Å²) in [5, 5.41) is 7.83. The van der Waals surface area contributed by atoms with Crippen LogP contribution >= 0.6 is 0 Å². The first kappa shape index (κ1) is 24.2. The molecular weight excluding hydrogens is 516 g/mol. The summed E-state index contributed by atoms with van der Waals surface area (Å²) < 4.78 is 0. The lowest BCUT2D eigenvalue weighted by Gasteiger charge is -2.34. The normalized spacial score (nSPS) is 13.3. The molecule has 0 N–H and O–H groups in total. The van der Waals surface area contributed by atoms with Gasteiger partial charge in [0, 0.05) is 0 Å². The molecule has 0 spiro atoms.